The molecule has 1 heterocycles. The second-order valence-corrected chi connectivity index (χ2v) is 4.24. The number of carbonyl (C=O) groups excluding carboxylic acids is 2. The molecule has 1 aromatic carbocycles. The Morgan fingerprint density at radius 3 is 2.57 bits per heavy atom. The van der Waals surface area contributed by atoms with Gasteiger partial charge in [0.2, 0.25) is 0 Å². The Bertz CT molecular complexity index is 634. The van der Waals surface area contributed by atoms with E-state index in [4.69, 9.17) is 4.74 Å². The molecular formula is C15H16N2O4. The van der Waals surface area contributed by atoms with Gasteiger partial charge in [-0.25, -0.2) is 9.48 Å². The average molecular weight is 288 g/mol. The Balaban J connectivity index is 2.39. The zero-order chi connectivity index (χ0) is 15.2. The molecule has 0 aliphatic carbocycles. The number of methoxy groups -OCH3 is 1. The first-order chi connectivity index (χ1) is 10.2. The Labute approximate surface area is 122 Å². The van der Waals surface area contributed by atoms with Gasteiger partial charge >= 0.3 is 11.9 Å². The van der Waals surface area contributed by atoms with Crippen molar-refractivity contribution in [2.75, 3.05) is 13.7 Å². The Kier molecular flexibility index (Phi) is 4.71. The lowest BCUT2D eigenvalue weighted by Crippen LogP contribution is -2.18. The maximum atomic E-state index is 11.9. The lowest BCUT2D eigenvalue weighted by molar-refractivity contribution is -0.141. The summed E-state index contributed by atoms with van der Waals surface area (Å²) in [5, 5.41) is 4.29. The van der Waals surface area contributed by atoms with Crippen LogP contribution >= 0.6 is 0 Å². The van der Waals surface area contributed by atoms with Crippen LogP contribution in [0.2, 0.25) is 0 Å². The van der Waals surface area contributed by atoms with Crippen molar-refractivity contribution in [2.24, 2.45) is 0 Å². The van der Waals surface area contributed by atoms with Crippen LogP contribution in [-0.4, -0.2) is 35.4 Å². The maximum absolute atomic E-state index is 11.9. The van der Waals surface area contributed by atoms with Crippen molar-refractivity contribution in [3.05, 3.63) is 42.1 Å². The second-order valence-electron chi connectivity index (χ2n) is 4.24. The van der Waals surface area contributed by atoms with Crippen LogP contribution in [0.1, 0.15) is 17.4 Å². The van der Waals surface area contributed by atoms with Gasteiger partial charge in [-0.15, -0.1) is 0 Å². The SMILES string of the molecule is CCOC(=O)c1cc(-c2ccccc2)nn1CC(=O)OC. The van der Waals surface area contributed by atoms with E-state index in [0.29, 0.717) is 5.69 Å². The minimum Gasteiger partial charge on any atom is -0.468 e. The van der Waals surface area contributed by atoms with Crippen LogP contribution in [0.15, 0.2) is 36.4 Å². The fraction of sp³-hybridized carbons (Fsp3) is 0.267. The van der Waals surface area contributed by atoms with Crippen LogP contribution in [0.3, 0.4) is 0 Å². The van der Waals surface area contributed by atoms with Gasteiger partial charge in [-0.05, 0) is 13.0 Å². The lowest BCUT2D eigenvalue weighted by atomic mass is 10.1. The predicted molar refractivity (Wildman–Crippen MR) is 75.6 cm³/mol. The molecule has 0 spiro atoms. The van der Waals surface area contributed by atoms with Gasteiger partial charge in [0, 0.05) is 5.56 Å². The molecule has 0 amide bonds. The van der Waals surface area contributed by atoms with E-state index in [9.17, 15) is 9.59 Å². The van der Waals surface area contributed by atoms with E-state index < -0.39 is 11.9 Å². The highest BCUT2D eigenvalue weighted by Crippen LogP contribution is 2.19. The molecule has 6 heteroatoms. The van der Waals surface area contributed by atoms with E-state index in [1.807, 2.05) is 30.3 Å². The summed E-state index contributed by atoms with van der Waals surface area (Å²) in [4.78, 5) is 23.4. The molecular weight excluding hydrogens is 272 g/mol. The third-order valence-corrected chi connectivity index (χ3v) is 2.84. The summed E-state index contributed by atoms with van der Waals surface area (Å²) in [5.74, 6) is -1.00. The average Bonchev–Trinajstić information content (AvgIpc) is 2.92. The number of nitrogens with zero attached hydrogens (tertiary/aromatic N) is 2. The molecule has 110 valence electrons. The van der Waals surface area contributed by atoms with Crippen molar-refractivity contribution in [3.63, 3.8) is 0 Å². The Morgan fingerprint density at radius 1 is 1.24 bits per heavy atom. The molecule has 0 saturated carbocycles. The smallest absolute Gasteiger partial charge is 0.356 e. The quantitative estimate of drug-likeness (QED) is 0.786. The molecule has 0 aliphatic heterocycles. The van der Waals surface area contributed by atoms with Crippen molar-refractivity contribution in [2.45, 2.75) is 13.5 Å². The predicted octanol–water partition coefficient (Wildman–Crippen LogP) is 1.90. The first kappa shape index (κ1) is 14.8. The molecule has 0 radical (unpaired) electrons. The molecule has 2 rings (SSSR count). The largest absolute Gasteiger partial charge is 0.468 e. The van der Waals surface area contributed by atoms with Crippen LogP contribution < -0.4 is 0 Å². The first-order valence-electron chi connectivity index (χ1n) is 6.53. The molecule has 0 bridgehead atoms. The van der Waals surface area contributed by atoms with Crippen LogP contribution in [0.25, 0.3) is 11.3 Å². The summed E-state index contributed by atoms with van der Waals surface area (Å²) >= 11 is 0. The molecule has 0 atom stereocenters. The molecule has 0 unspecified atom stereocenters. The van der Waals surface area contributed by atoms with Crippen molar-refractivity contribution in [1.82, 2.24) is 9.78 Å². The summed E-state index contributed by atoms with van der Waals surface area (Å²) in [7, 11) is 1.29. The van der Waals surface area contributed by atoms with Gasteiger partial charge < -0.3 is 9.47 Å². The molecule has 6 nitrogen and oxygen atoms in total. The summed E-state index contributed by atoms with van der Waals surface area (Å²) < 4.78 is 10.9. The molecule has 0 aliphatic rings. The molecule has 0 fully saturated rings. The van der Waals surface area contributed by atoms with E-state index in [1.54, 1.807) is 13.0 Å². The van der Waals surface area contributed by atoms with Crippen molar-refractivity contribution >= 4 is 11.9 Å². The van der Waals surface area contributed by atoms with E-state index in [2.05, 4.69) is 9.84 Å². The molecule has 21 heavy (non-hydrogen) atoms. The van der Waals surface area contributed by atoms with Crippen molar-refractivity contribution in [1.29, 1.82) is 0 Å². The molecule has 0 N–H and O–H groups in total. The van der Waals surface area contributed by atoms with Crippen LogP contribution in [0.4, 0.5) is 0 Å². The summed E-state index contributed by atoms with van der Waals surface area (Å²) in [6, 6.07) is 11.0. The Hall–Kier alpha value is -2.63. The van der Waals surface area contributed by atoms with Crippen LogP contribution in [0, 0.1) is 0 Å². The number of hydrogen-bond donors (Lipinski definition) is 0. The minimum absolute atomic E-state index is 0.141. The number of ether oxygens (including phenoxy) is 2. The van der Waals surface area contributed by atoms with E-state index in [0.717, 1.165) is 5.56 Å². The number of aromatic nitrogens is 2. The third-order valence-electron chi connectivity index (χ3n) is 2.84. The molecule has 0 saturated heterocycles. The van der Waals surface area contributed by atoms with Crippen molar-refractivity contribution < 1.29 is 19.1 Å². The van der Waals surface area contributed by atoms with E-state index in [1.165, 1.54) is 11.8 Å². The molecule has 1 aromatic heterocycles. The number of carbonyl (C=O) groups is 2. The van der Waals surface area contributed by atoms with Gasteiger partial charge in [0.15, 0.2) is 0 Å². The number of benzene rings is 1. The number of rotatable bonds is 5. The fourth-order valence-corrected chi connectivity index (χ4v) is 1.84. The highest BCUT2D eigenvalue weighted by Gasteiger charge is 2.19. The lowest BCUT2D eigenvalue weighted by Gasteiger charge is -2.05. The fourth-order valence-electron chi connectivity index (χ4n) is 1.84. The number of hydrogen-bond acceptors (Lipinski definition) is 5. The monoisotopic (exact) mass is 288 g/mol. The Morgan fingerprint density at radius 2 is 1.95 bits per heavy atom. The van der Waals surface area contributed by atoms with Gasteiger partial charge in [0.05, 0.1) is 19.4 Å². The van der Waals surface area contributed by atoms with Crippen molar-refractivity contribution in [3.8, 4) is 11.3 Å². The zero-order valence-corrected chi connectivity index (χ0v) is 11.9. The highest BCUT2D eigenvalue weighted by molar-refractivity contribution is 5.89. The topological polar surface area (TPSA) is 70.4 Å². The van der Waals surface area contributed by atoms with Gasteiger partial charge in [0.25, 0.3) is 0 Å². The maximum Gasteiger partial charge on any atom is 0.356 e. The van der Waals surface area contributed by atoms with Gasteiger partial charge in [-0.3, -0.25) is 4.79 Å². The zero-order valence-electron chi connectivity index (χ0n) is 11.9. The number of esters is 2. The summed E-state index contributed by atoms with van der Waals surface area (Å²) in [5.41, 5.74) is 1.68. The summed E-state index contributed by atoms with van der Waals surface area (Å²) in [6.07, 6.45) is 0. The highest BCUT2D eigenvalue weighted by atomic mass is 16.5. The van der Waals surface area contributed by atoms with Gasteiger partial charge in [0.1, 0.15) is 12.2 Å². The van der Waals surface area contributed by atoms with Gasteiger partial charge in [-0.1, -0.05) is 30.3 Å². The third kappa shape index (κ3) is 3.47. The van der Waals surface area contributed by atoms with E-state index in [-0.39, 0.29) is 18.8 Å². The van der Waals surface area contributed by atoms with E-state index >= 15 is 0 Å². The second kappa shape index (κ2) is 6.69. The minimum atomic E-state index is -0.518. The molecule has 2 aromatic rings. The summed E-state index contributed by atoms with van der Waals surface area (Å²) in [6.45, 7) is 1.83. The van der Waals surface area contributed by atoms with Gasteiger partial charge in [-0.2, -0.15) is 5.10 Å². The van der Waals surface area contributed by atoms with Crippen LogP contribution in [0.5, 0.6) is 0 Å². The standard InChI is InChI=1S/C15H16N2O4/c1-3-21-15(19)13-9-12(11-7-5-4-6-8-11)16-17(13)10-14(18)20-2/h4-9H,3,10H2,1-2H3. The van der Waals surface area contributed by atoms with Crippen LogP contribution in [-0.2, 0) is 20.8 Å². The first-order valence-corrected chi connectivity index (χ1v) is 6.53. The normalized spacial score (nSPS) is 10.2.